The second-order valence-electron chi connectivity index (χ2n) is 6.08. The molecule has 0 bridgehead atoms. The van der Waals surface area contributed by atoms with Crippen molar-refractivity contribution in [3.63, 3.8) is 0 Å². The van der Waals surface area contributed by atoms with Crippen molar-refractivity contribution in [2.45, 2.75) is 29.7 Å². The molecule has 0 radical (unpaired) electrons. The number of methoxy groups -OCH3 is 2. The van der Waals surface area contributed by atoms with Gasteiger partial charge in [0.15, 0.2) is 16.6 Å². The fraction of sp³-hybridized carbons (Fsp3) is 0.316. The average molecular weight is 420 g/mol. The summed E-state index contributed by atoms with van der Waals surface area (Å²) in [6.45, 7) is 4.12. The highest BCUT2D eigenvalue weighted by Crippen LogP contribution is 2.33. The fourth-order valence-corrected chi connectivity index (χ4v) is 4.13. The third-order valence-corrected chi connectivity index (χ3v) is 5.92. The minimum absolute atomic E-state index is 0.309. The van der Waals surface area contributed by atoms with E-state index in [0.29, 0.717) is 39.8 Å². The zero-order valence-electron chi connectivity index (χ0n) is 16.0. The first-order valence-corrected chi connectivity index (χ1v) is 10.4. The summed E-state index contributed by atoms with van der Waals surface area (Å²) < 4.78 is 17.2. The van der Waals surface area contributed by atoms with Crippen LogP contribution in [0, 0.1) is 0 Å². The molecule has 1 aromatic carbocycles. The molecule has 0 aliphatic rings. The third kappa shape index (κ3) is 4.66. The van der Waals surface area contributed by atoms with Gasteiger partial charge in [-0.3, -0.25) is 10.1 Å². The Labute approximate surface area is 171 Å². The maximum atomic E-state index is 12.6. The molecule has 2 aromatic heterocycles. The van der Waals surface area contributed by atoms with Crippen LogP contribution in [0.2, 0.25) is 0 Å². The van der Waals surface area contributed by atoms with Crippen LogP contribution in [0.15, 0.2) is 39.2 Å². The standard InChI is InChI=1S/C19H21N3O4S2/c1-11(2)14-8-20-15(26-14)10-27-16-9-21-19(28-16)22-18(23)12-6-5-7-13(24-3)17(12)25-4/h5-9,11H,10H2,1-4H3,(H,21,22,23). The van der Waals surface area contributed by atoms with Crippen molar-refractivity contribution in [2.75, 3.05) is 19.5 Å². The Balaban J connectivity index is 1.63. The molecule has 0 unspecified atom stereocenters. The number of carbonyl (C=O) groups is 1. The summed E-state index contributed by atoms with van der Waals surface area (Å²) in [5.74, 6) is 3.04. The topological polar surface area (TPSA) is 86.5 Å². The van der Waals surface area contributed by atoms with Gasteiger partial charge in [-0.05, 0) is 12.1 Å². The first-order valence-electron chi connectivity index (χ1n) is 8.57. The maximum absolute atomic E-state index is 12.6. The van der Waals surface area contributed by atoms with Crippen molar-refractivity contribution in [3.8, 4) is 11.5 Å². The van der Waals surface area contributed by atoms with E-state index >= 15 is 0 Å². The fourth-order valence-electron chi connectivity index (χ4n) is 2.41. The van der Waals surface area contributed by atoms with Gasteiger partial charge in [0.1, 0.15) is 5.76 Å². The number of rotatable bonds is 8. The second-order valence-corrected chi connectivity index (χ2v) is 8.39. The van der Waals surface area contributed by atoms with Gasteiger partial charge in [-0.2, -0.15) is 0 Å². The van der Waals surface area contributed by atoms with E-state index in [1.165, 1.54) is 25.6 Å². The largest absolute Gasteiger partial charge is 0.493 e. The van der Waals surface area contributed by atoms with E-state index in [4.69, 9.17) is 13.9 Å². The smallest absolute Gasteiger partial charge is 0.261 e. The van der Waals surface area contributed by atoms with Crippen LogP contribution < -0.4 is 14.8 Å². The highest BCUT2D eigenvalue weighted by atomic mass is 32.2. The summed E-state index contributed by atoms with van der Waals surface area (Å²) in [6, 6.07) is 5.15. The van der Waals surface area contributed by atoms with Crippen molar-refractivity contribution in [2.24, 2.45) is 0 Å². The number of hydrogen-bond acceptors (Lipinski definition) is 8. The Morgan fingerprint density at radius 1 is 1.25 bits per heavy atom. The molecule has 9 heteroatoms. The lowest BCUT2D eigenvalue weighted by atomic mass is 10.1. The Morgan fingerprint density at radius 2 is 2.07 bits per heavy atom. The summed E-state index contributed by atoms with van der Waals surface area (Å²) in [7, 11) is 3.03. The quantitative estimate of drug-likeness (QED) is 0.524. The zero-order chi connectivity index (χ0) is 20.1. The number of aromatic nitrogens is 2. The minimum atomic E-state index is -0.309. The van der Waals surface area contributed by atoms with Crippen molar-refractivity contribution in [1.29, 1.82) is 0 Å². The monoisotopic (exact) mass is 419 g/mol. The van der Waals surface area contributed by atoms with Gasteiger partial charge in [-0.1, -0.05) is 31.3 Å². The number of thiazole rings is 1. The number of anilines is 1. The van der Waals surface area contributed by atoms with Gasteiger partial charge < -0.3 is 13.9 Å². The van der Waals surface area contributed by atoms with Crippen LogP contribution in [0.25, 0.3) is 0 Å². The molecule has 2 heterocycles. The molecule has 3 aromatic rings. The van der Waals surface area contributed by atoms with Crippen LogP contribution in [-0.4, -0.2) is 30.1 Å². The number of thioether (sulfide) groups is 1. The predicted octanol–water partition coefficient (Wildman–Crippen LogP) is 4.82. The Bertz CT molecular complexity index is 952. The molecule has 0 atom stereocenters. The molecule has 3 rings (SSSR count). The number of nitrogens with zero attached hydrogens (tertiary/aromatic N) is 2. The molecule has 0 saturated heterocycles. The van der Waals surface area contributed by atoms with E-state index in [1.807, 2.05) is 0 Å². The number of nitrogens with one attached hydrogen (secondary N) is 1. The summed E-state index contributed by atoms with van der Waals surface area (Å²) >= 11 is 2.95. The minimum Gasteiger partial charge on any atom is -0.493 e. The summed E-state index contributed by atoms with van der Waals surface area (Å²) in [6.07, 6.45) is 3.49. The number of ether oxygens (including phenoxy) is 2. The van der Waals surface area contributed by atoms with Crippen LogP contribution in [0.3, 0.4) is 0 Å². The second kappa shape index (κ2) is 9.11. The Hall–Kier alpha value is -2.52. The number of hydrogen-bond donors (Lipinski definition) is 1. The molecule has 7 nitrogen and oxygen atoms in total. The van der Waals surface area contributed by atoms with Crippen molar-refractivity contribution in [1.82, 2.24) is 9.97 Å². The van der Waals surface area contributed by atoms with E-state index in [9.17, 15) is 4.79 Å². The lowest BCUT2D eigenvalue weighted by Gasteiger charge is -2.11. The van der Waals surface area contributed by atoms with Crippen molar-refractivity contribution in [3.05, 3.63) is 47.8 Å². The van der Waals surface area contributed by atoms with Gasteiger partial charge in [0, 0.05) is 5.92 Å². The molecule has 148 valence electrons. The zero-order valence-corrected chi connectivity index (χ0v) is 17.6. The SMILES string of the molecule is COc1cccc(C(=O)Nc2ncc(SCc3ncc(C(C)C)o3)s2)c1OC. The molecule has 1 amide bonds. The van der Waals surface area contributed by atoms with Gasteiger partial charge in [0.25, 0.3) is 5.91 Å². The summed E-state index contributed by atoms with van der Waals surface area (Å²) in [5.41, 5.74) is 0.382. The number of amides is 1. The first-order chi connectivity index (χ1) is 13.5. The molecule has 0 fully saturated rings. The van der Waals surface area contributed by atoms with E-state index in [2.05, 4.69) is 29.1 Å². The molecule has 28 heavy (non-hydrogen) atoms. The molecule has 0 spiro atoms. The van der Waals surface area contributed by atoms with Crippen LogP contribution in [0.5, 0.6) is 11.5 Å². The van der Waals surface area contributed by atoms with Gasteiger partial charge in [0.2, 0.25) is 5.89 Å². The van der Waals surface area contributed by atoms with Gasteiger partial charge >= 0.3 is 0 Å². The normalized spacial score (nSPS) is 10.9. The number of benzene rings is 1. The van der Waals surface area contributed by atoms with Gasteiger partial charge in [0.05, 0.1) is 42.1 Å². The lowest BCUT2D eigenvalue weighted by molar-refractivity contribution is 0.102. The van der Waals surface area contributed by atoms with E-state index in [1.54, 1.807) is 42.4 Å². The van der Waals surface area contributed by atoms with E-state index in [-0.39, 0.29) is 5.91 Å². The molecule has 0 aliphatic heterocycles. The summed E-state index contributed by atoms with van der Waals surface area (Å²) in [5, 5.41) is 3.31. The van der Waals surface area contributed by atoms with Gasteiger partial charge in [-0.25, -0.2) is 9.97 Å². The molecule has 0 aliphatic carbocycles. The van der Waals surface area contributed by atoms with E-state index in [0.717, 1.165) is 9.97 Å². The van der Waals surface area contributed by atoms with Crippen molar-refractivity contribution >= 4 is 34.1 Å². The molecule has 1 N–H and O–H groups in total. The lowest BCUT2D eigenvalue weighted by Crippen LogP contribution is -2.13. The molecular weight excluding hydrogens is 398 g/mol. The number of oxazole rings is 1. The first kappa shape index (κ1) is 20.2. The highest BCUT2D eigenvalue weighted by Gasteiger charge is 2.18. The molecule has 0 saturated carbocycles. The highest BCUT2D eigenvalue weighted by molar-refractivity contribution is 8.00. The average Bonchev–Trinajstić information content (AvgIpc) is 3.35. The predicted molar refractivity (Wildman–Crippen MR) is 110 cm³/mol. The van der Waals surface area contributed by atoms with Crippen molar-refractivity contribution < 1.29 is 18.7 Å². The number of para-hydroxylation sites is 1. The van der Waals surface area contributed by atoms with E-state index < -0.39 is 0 Å². The van der Waals surface area contributed by atoms with Gasteiger partial charge in [-0.15, -0.1) is 11.8 Å². The van der Waals surface area contributed by atoms with Crippen LogP contribution in [0.1, 0.15) is 41.8 Å². The number of carbonyl (C=O) groups excluding carboxylic acids is 1. The van der Waals surface area contributed by atoms with Crippen LogP contribution in [-0.2, 0) is 5.75 Å². The van der Waals surface area contributed by atoms with Crippen LogP contribution in [0.4, 0.5) is 5.13 Å². The Kier molecular flexibility index (Phi) is 6.58. The molecular formula is C19H21N3O4S2. The Morgan fingerprint density at radius 3 is 2.75 bits per heavy atom. The van der Waals surface area contributed by atoms with Crippen LogP contribution >= 0.6 is 23.1 Å². The maximum Gasteiger partial charge on any atom is 0.261 e. The summed E-state index contributed by atoms with van der Waals surface area (Å²) in [4.78, 5) is 21.2. The third-order valence-electron chi connectivity index (χ3n) is 3.83.